The maximum absolute atomic E-state index is 13.7. The number of urea groups is 1. The van der Waals surface area contributed by atoms with Gasteiger partial charge in [-0.05, 0) is 65.7 Å². The first-order chi connectivity index (χ1) is 14.5. The van der Waals surface area contributed by atoms with Crippen LogP contribution in [-0.2, 0) is 19.1 Å². The average molecular weight is 434 g/mol. The van der Waals surface area contributed by atoms with Gasteiger partial charge in [0.25, 0.3) is 5.91 Å². The van der Waals surface area contributed by atoms with Crippen LogP contribution in [0.4, 0.5) is 4.79 Å². The predicted molar refractivity (Wildman–Crippen MR) is 113 cm³/mol. The molecule has 2 saturated heterocycles. The van der Waals surface area contributed by atoms with E-state index in [1.54, 1.807) is 11.8 Å². The molecule has 4 fully saturated rings. The Morgan fingerprint density at radius 1 is 1.10 bits per heavy atom. The number of esters is 1. The van der Waals surface area contributed by atoms with E-state index in [1.165, 1.54) is 0 Å². The number of ether oxygens (including phenoxy) is 1. The quantitative estimate of drug-likeness (QED) is 0.545. The van der Waals surface area contributed by atoms with Crippen molar-refractivity contribution >= 4 is 23.8 Å². The minimum absolute atomic E-state index is 0.0394. The number of fused-ring (bicyclic) bond motifs is 1. The molecule has 4 aliphatic rings. The molecule has 2 heterocycles. The monoisotopic (exact) mass is 433 g/mol. The maximum atomic E-state index is 13.7. The molecule has 8 heteroatoms. The molecule has 0 bridgehead atoms. The molecule has 0 unspecified atom stereocenters. The fourth-order valence-electron chi connectivity index (χ4n) is 5.99. The van der Waals surface area contributed by atoms with Gasteiger partial charge in [0.15, 0.2) is 0 Å². The summed E-state index contributed by atoms with van der Waals surface area (Å²) in [7, 11) is 0. The minimum Gasteiger partial charge on any atom is -0.458 e. The third-order valence-corrected chi connectivity index (χ3v) is 7.42. The summed E-state index contributed by atoms with van der Waals surface area (Å²) in [5.74, 6) is -0.772. The van der Waals surface area contributed by atoms with Crippen molar-refractivity contribution in [1.29, 1.82) is 0 Å². The van der Waals surface area contributed by atoms with Crippen LogP contribution in [0.25, 0.3) is 0 Å². The van der Waals surface area contributed by atoms with E-state index in [0.717, 1.165) is 43.4 Å². The summed E-state index contributed by atoms with van der Waals surface area (Å²) in [6.07, 6.45) is 7.51. The number of carbonyl (C=O) groups excluding carboxylic acids is 4. The van der Waals surface area contributed by atoms with Gasteiger partial charge in [-0.1, -0.05) is 25.7 Å². The van der Waals surface area contributed by atoms with Crippen molar-refractivity contribution in [2.45, 2.75) is 115 Å². The molecule has 0 aromatic heterocycles. The Bertz CT molecular complexity index is 783. The van der Waals surface area contributed by atoms with Gasteiger partial charge in [0.05, 0.1) is 0 Å². The molecule has 1 N–H and O–H groups in total. The Morgan fingerprint density at radius 2 is 1.74 bits per heavy atom. The Labute approximate surface area is 184 Å². The Kier molecular flexibility index (Phi) is 5.54. The summed E-state index contributed by atoms with van der Waals surface area (Å²) in [5, 5.41) is 2.85. The number of rotatable bonds is 3. The van der Waals surface area contributed by atoms with Crippen molar-refractivity contribution in [2.24, 2.45) is 5.92 Å². The van der Waals surface area contributed by atoms with Crippen LogP contribution in [0.3, 0.4) is 0 Å². The van der Waals surface area contributed by atoms with Crippen LogP contribution in [0.1, 0.15) is 85.5 Å². The van der Waals surface area contributed by atoms with E-state index in [9.17, 15) is 19.2 Å². The summed E-state index contributed by atoms with van der Waals surface area (Å²) in [6, 6.07) is -2.15. The van der Waals surface area contributed by atoms with E-state index in [4.69, 9.17) is 4.74 Å². The number of likely N-dealkylation sites (tertiary alicyclic amines) is 1. The molecule has 31 heavy (non-hydrogen) atoms. The van der Waals surface area contributed by atoms with E-state index in [2.05, 4.69) is 5.32 Å². The molecule has 2 aliphatic carbocycles. The molecular weight excluding hydrogens is 398 g/mol. The first-order valence-corrected chi connectivity index (χ1v) is 11.7. The molecule has 4 amide bonds. The van der Waals surface area contributed by atoms with E-state index in [0.29, 0.717) is 19.3 Å². The molecule has 4 atom stereocenters. The van der Waals surface area contributed by atoms with Crippen molar-refractivity contribution < 1.29 is 23.9 Å². The van der Waals surface area contributed by atoms with Crippen LogP contribution < -0.4 is 5.32 Å². The summed E-state index contributed by atoms with van der Waals surface area (Å²) in [5.41, 5.74) is -1.50. The van der Waals surface area contributed by atoms with Gasteiger partial charge in [-0.15, -0.1) is 0 Å². The van der Waals surface area contributed by atoms with E-state index in [-0.39, 0.29) is 23.8 Å². The Hall–Kier alpha value is -2.12. The molecule has 2 aliphatic heterocycles. The van der Waals surface area contributed by atoms with Crippen molar-refractivity contribution in [3.05, 3.63) is 0 Å². The molecule has 1 spiro atoms. The molecular formula is C23H35N3O5. The predicted octanol–water partition coefficient (Wildman–Crippen LogP) is 2.74. The number of nitrogens with zero attached hydrogens (tertiary/aromatic N) is 2. The van der Waals surface area contributed by atoms with Crippen LogP contribution in [0.15, 0.2) is 0 Å². The number of amides is 4. The fourth-order valence-corrected chi connectivity index (χ4v) is 5.99. The SMILES string of the molecule is C[C@H](C(=O)N1[C@@H]2CCCC[C@H]2C[C@H]1C(=O)OC(C)(C)C)N1C(=O)NC2(CCCC2)C1=O. The Balaban J connectivity index is 1.58. The van der Waals surface area contributed by atoms with Gasteiger partial charge >= 0.3 is 12.0 Å². The zero-order valence-corrected chi connectivity index (χ0v) is 19.1. The summed E-state index contributed by atoms with van der Waals surface area (Å²) >= 11 is 0. The van der Waals surface area contributed by atoms with Gasteiger partial charge < -0.3 is 15.0 Å². The lowest BCUT2D eigenvalue weighted by Gasteiger charge is -2.37. The zero-order chi connectivity index (χ0) is 22.6. The second kappa shape index (κ2) is 7.78. The van der Waals surface area contributed by atoms with Crippen molar-refractivity contribution in [3.8, 4) is 0 Å². The van der Waals surface area contributed by atoms with Gasteiger partial charge in [-0.25, -0.2) is 14.5 Å². The van der Waals surface area contributed by atoms with Crippen molar-refractivity contribution in [1.82, 2.24) is 15.1 Å². The summed E-state index contributed by atoms with van der Waals surface area (Å²) in [4.78, 5) is 55.4. The smallest absolute Gasteiger partial charge is 0.329 e. The molecule has 0 aromatic rings. The third kappa shape index (κ3) is 3.82. The highest BCUT2D eigenvalue weighted by atomic mass is 16.6. The average Bonchev–Trinajstić information content (AvgIpc) is 3.36. The zero-order valence-electron chi connectivity index (χ0n) is 19.1. The normalized spacial score (nSPS) is 31.0. The lowest BCUT2D eigenvalue weighted by molar-refractivity contribution is -0.165. The lowest BCUT2D eigenvalue weighted by Crippen LogP contribution is -2.56. The highest BCUT2D eigenvalue weighted by molar-refractivity contribution is 6.10. The van der Waals surface area contributed by atoms with Gasteiger partial charge in [-0.3, -0.25) is 9.59 Å². The van der Waals surface area contributed by atoms with Gasteiger partial charge in [-0.2, -0.15) is 0 Å². The molecule has 0 radical (unpaired) electrons. The van der Waals surface area contributed by atoms with E-state index >= 15 is 0 Å². The number of carbonyl (C=O) groups is 4. The Morgan fingerprint density at radius 3 is 2.39 bits per heavy atom. The van der Waals surface area contributed by atoms with E-state index < -0.39 is 35.2 Å². The first-order valence-electron chi connectivity index (χ1n) is 11.7. The summed E-state index contributed by atoms with van der Waals surface area (Å²) in [6.45, 7) is 7.05. The van der Waals surface area contributed by atoms with Crippen molar-refractivity contribution in [3.63, 3.8) is 0 Å². The minimum atomic E-state index is -0.946. The third-order valence-electron chi connectivity index (χ3n) is 7.42. The molecule has 172 valence electrons. The van der Waals surface area contributed by atoms with Crippen molar-refractivity contribution in [2.75, 3.05) is 0 Å². The van der Waals surface area contributed by atoms with E-state index in [1.807, 2.05) is 20.8 Å². The largest absolute Gasteiger partial charge is 0.458 e. The highest BCUT2D eigenvalue weighted by Crippen LogP contribution is 2.42. The number of hydrogen-bond donors (Lipinski definition) is 1. The van der Waals surface area contributed by atoms with Crippen LogP contribution in [0, 0.1) is 5.92 Å². The van der Waals surface area contributed by atoms with Crippen LogP contribution >= 0.6 is 0 Å². The topological polar surface area (TPSA) is 96.0 Å². The standard InChI is InChI=1S/C23H35N3O5/c1-14(25-20(29)23(24-21(25)30)11-7-8-12-23)18(27)26-16-10-6-5-9-15(16)13-17(26)19(28)31-22(2,3)4/h14-17H,5-13H2,1-4H3,(H,24,30)/t14-,15+,16-,17+/m1/s1. The molecule has 8 nitrogen and oxygen atoms in total. The number of hydrogen-bond acceptors (Lipinski definition) is 5. The lowest BCUT2D eigenvalue weighted by atomic mass is 9.84. The van der Waals surface area contributed by atoms with Crippen LogP contribution in [0.2, 0.25) is 0 Å². The van der Waals surface area contributed by atoms with Crippen LogP contribution in [-0.4, -0.2) is 62.9 Å². The maximum Gasteiger partial charge on any atom is 0.329 e. The first kappa shape index (κ1) is 22.1. The molecule has 4 rings (SSSR count). The number of imide groups is 1. The highest BCUT2D eigenvalue weighted by Gasteiger charge is 2.57. The second-order valence-corrected chi connectivity index (χ2v) is 10.7. The molecule has 0 aromatic carbocycles. The summed E-state index contributed by atoms with van der Waals surface area (Å²) < 4.78 is 5.64. The fraction of sp³-hybridized carbons (Fsp3) is 0.826. The second-order valence-electron chi connectivity index (χ2n) is 10.7. The molecule has 2 saturated carbocycles. The van der Waals surface area contributed by atoms with Gasteiger partial charge in [0, 0.05) is 6.04 Å². The van der Waals surface area contributed by atoms with Gasteiger partial charge in [0.2, 0.25) is 5.91 Å². The van der Waals surface area contributed by atoms with Crippen LogP contribution in [0.5, 0.6) is 0 Å². The number of nitrogens with one attached hydrogen (secondary N) is 1. The van der Waals surface area contributed by atoms with Gasteiger partial charge in [0.1, 0.15) is 23.2 Å².